The predicted molar refractivity (Wildman–Crippen MR) is 67.5 cm³/mol. The Morgan fingerprint density at radius 1 is 1.33 bits per heavy atom. The third-order valence-electron chi connectivity index (χ3n) is 2.72. The van der Waals surface area contributed by atoms with Crippen molar-refractivity contribution in [3.8, 4) is 0 Å². The lowest BCUT2D eigenvalue weighted by atomic mass is 10.1. The summed E-state index contributed by atoms with van der Waals surface area (Å²) in [5.74, 6) is 0.0617. The van der Waals surface area contributed by atoms with Crippen LogP contribution in [0.25, 0.3) is 0 Å². The second-order valence-corrected chi connectivity index (χ2v) is 5.41. The minimum Gasteiger partial charge on any atom is -0.444 e. The molecule has 1 atom stereocenters. The summed E-state index contributed by atoms with van der Waals surface area (Å²) in [5, 5.41) is 2.74. The zero-order chi connectivity index (χ0) is 13.3. The molecule has 0 saturated heterocycles. The molecule has 0 saturated carbocycles. The van der Waals surface area contributed by atoms with Crippen molar-refractivity contribution >= 4 is 11.9 Å². The highest BCUT2D eigenvalue weighted by atomic mass is 16.6. The molecule has 18 heavy (non-hydrogen) atoms. The van der Waals surface area contributed by atoms with E-state index in [-0.39, 0.29) is 11.8 Å². The Kier molecular flexibility index (Phi) is 3.11. The normalized spacial score (nSPS) is 18.4. The van der Waals surface area contributed by atoms with Gasteiger partial charge in [-0.25, -0.2) is 4.79 Å². The SMILES string of the molecule is CC(C)(C)OC(=O)NC1CC(=O)c2ccccc21. The van der Waals surface area contributed by atoms with Gasteiger partial charge in [-0.3, -0.25) is 4.79 Å². The highest BCUT2D eigenvalue weighted by Gasteiger charge is 2.31. The maximum absolute atomic E-state index is 11.8. The van der Waals surface area contributed by atoms with E-state index in [1.165, 1.54) is 0 Å². The molecule has 0 fully saturated rings. The van der Waals surface area contributed by atoms with Gasteiger partial charge in [-0.15, -0.1) is 0 Å². The number of nitrogens with one attached hydrogen (secondary N) is 1. The van der Waals surface area contributed by atoms with Crippen LogP contribution in [-0.4, -0.2) is 17.5 Å². The number of ether oxygens (including phenoxy) is 1. The largest absolute Gasteiger partial charge is 0.444 e. The molecule has 1 aliphatic rings. The second kappa shape index (κ2) is 4.44. The van der Waals surface area contributed by atoms with Crippen molar-refractivity contribution in [3.05, 3.63) is 35.4 Å². The van der Waals surface area contributed by atoms with E-state index in [0.717, 1.165) is 5.56 Å². The van der Waals surface area contributed by atoms with Crippen molar-refractivity contribution in [1.29, 1.82) is 0 Å². The fourth-order valence-electron chi connectivity index (χ4n) is 2.04. The van der Waals surface area contributed by atoms with Crippen LogP contribution in [0.4, 0.5) is 4.79 Å². The Hall–Kier alpha value is -1.84. The average Bonchev–Trinajstić information content (AvgIpc) is 2.54. The molecule has 0 heterocycles. The molecule has 4 nitrogen and oxygen atoms in total. The fourth-order valence-corrected chi connectivity index (χ4v) is 2.04. The molecular weight excluding hydrogens is 230 g/mol. The molecule has 1 aliphatic carbocycles. The number of rotatable bonds is 1. The number of hydrogen-bond acceptors (Lipinski definition) is 3. The van der Waals surface area contributed by atoms with Gasteiger partial charge in [-0.1, -0.05) is 24.3 Å². The number of Topliss-reactive ketones (excluding diaryl/α,β-unsaturated/α-hetero) is 1. The van der Waals surface area contributed by atoms with Crippen molar-refractivity contribution in [2.45, 2.75) is 38.8 Å². The zero-order valence-corrected chi connectivity index (χ0v) is 10.8. The number of hydrogen-bond donors (Lipinski definition) is 1. The first-order chi connectivity index (χ1) is 8.37. The van der Waals surface area contributed by atoms with Crippen LogP contribution in [0.2, 0.25) is 0 Å². The lowest BCUT2D eigenvalue weighted by Gasteiger charge is -2.21. The molecule has 0 aliphatic heterocycles. The summed E-state index contributed by atoms with van der Waals surface area (Å²) >= 11 is 0. The molecule has 1 aromatic carbocycles. The molecule has 1 N–H and O–H groups in total. The third kappa shape index (κ3) is 2.70. The lowest BCUT2D eigenvalue weighted by Crippen LogP contribution is -2.34. The Balaban J connectivity index is 2.09. The minimum absolute atomic E-state index is 0.0617. The first-order valence-corrected chi connectivity index (χ1v) is 5.98. The third-order valence-corrected chi connectivity index (χ3v) is 2.72. The summed E-state index contributed by atoms with van der Waals surface area (Å²) in [6, 6.07) is 7.06. The van der Waals surface area contributed by atoms with Gasteiger partial charge in [0.15, 0.2) is 5.78 Å². The van der Waals surface area contributed by atoms with Gasteiger partial charge in [0.2, 0.25) is 0 Å². The average molecular weight is 247 g/mol. The maximum Gasteiger partial charge on any atom is 0.408 e. The standard InChI is InChI=1S/C14H17NO3/c1-14(2,3)18-13(17)15-11-8-12(16)10-7-5-4-6-9(10)11/h4-7,11H,8H2,1-3H3,(H,15,17). The van der Waals surface area contributed by atoms with Crippen LogP contribution < -0.4 is 5.32 Å². The van der Waals surface area contributed by atoms with E-state index in [2.05, 4.69) is 5.32 Å². The van der Waals surface area contributed by atoms with Crippen molar-refractivity contribution in [2.24, 2.45) is 0 Å². The lowest BCUT2D eigenvalue weighted by molar-refractivity contribution is 0.0504. The van der Waals surface area contributed by atoms with E-state index in [4.69, 9.17) is 4.74 Å². The molecule has 0 aromatic heterocycles. The van der Waals surface area contributed by atoms with Gasteiger partial charge in [0.25, 0.3) is 0 Å². The quantitative estimate of drug-likeness (QED) is 0.830. The van der Waals surface area contributed by atoms with Crippen LogP contribution >= 0.6 is 0 Å². The van der Waals surface area contributed by atoms with Crippen LogP contribution in [-0.2, 0) is 4.74 Å². The van der Waals surface area contributed by atoms with Crippen LogP contribution in [0, 0.1) is 0 Å². The maximum atomic E-state index is 11.8. The number of alkyl carbamates (subject to hydrolysis) is 1. The van der Waals surface area contributed by atoms with Gasteiger partial charge in [0.1, 0.15) is 5.60 Å². The summed E-state index contributed by atoms with van der Waals surface area (Å²) in [5.41, 5.74) is 1.03. The number of benzene rings is 1. The number of ketones is 1. The number of amides is 1. The summed E-state index contributed by atoms with van der Waals surface area (Å²) in [6.45, 7) is 5.42. The van der Waals surface area contributed by atoms with E-state index >= 15 is 0 Å². The molecule has 2 rings (SSSR count). The fraction of sp³-hybridized carbons (Fsp3) is 0.429. The Morgan fingerprint density at radius 2 is 2.00 bits per heavy atom. The van der Waals surface area contributed by atoms with Gasteiger partial charge in [-0.05, 0) is 26.3 Å². The van der Waals surface area contributed by atoms with Gasteiger partial charge in [0.05, 0.1) is 6.04 Å². The Labute approximate surface area is 106 Å². The van der Waals surface area contributed by atoms with Crippen LogP contribution in [0.5, 0.6) is 0 Å². The molecule has 96 valence electrons. The molecule has 0 radical (unpaired) electrons. The van der Waals surface area contributed by atoms with Crippen molar-refractivity contribution in [2.75, 3.05) is 0 Å². The van der Waals surface area contributed by atoms with E-state index in [9.17, 15) is 9.59 Å². The summed E-state index contributed by atoms with van der Waals surface area (Å²) in [4.78, 5) is 23.4. The smallest absolute Gasteiger partial charge is 0.408 e. The first kappa shape index (κ1) is 12.6. The second-order valence-electron chi connectivity index (χ2n) is 5.41. The molecule has 1 aromatic rings. The monoisotopic (exact) mass is 247 g/mol. The summed E-state index contributed by atoms with van der Waals surface area (Å²) in [7, 11) is 0. The number of fused-ring (bicyclic) bond motifs is 1. The van der Waals surface area contributed by atoms with Gasteiger partial charge in [-0.2, -0.15) is 0 Å². The Bertz CT molecular complexity index is 488. The van der Waals surface area contributed by atoms with E-state index < -0.39 is 11.7 Å². The van der Waals surface area contributed by atoms with Gasteiger partial charge >= 0.3 is 6.09 Å². The van der Waals surface area contributed by atoms with Gasteiger partial charge in [0, 0.05) is 12.0 Å². The molecule has 1 unspecified atom stereocenters. The first-order valence-electron chi connectivity index (χ1n) is 5.98. The molecule has 4 heteroatoms. The molecule has 0 spiro atoms. The molecule has 1 amide bonds. The highest BCUT2D eigenvalue weighted by molar-refractivity contribution is 6.01. The highest BCUT2D eigenvalue weighted by Crippen LogP contribution is 2.30. The zero-order valence-electron chi connectivity index (χ0n) is 10.8. The van der Waals surface area contributed by atoms with E-state index in [1.807, 2.05) is 18.2 Å². The summed E-state index contributed by atoms with van der Waals surface area (Å²) < 4.78 is 5.19. The van der Waals surface area contributed by atoms with Crippen LogP contribution in [0.1, 0.15) is 49.2 Å². The van der Waals surface area contributed by atoms with Crippen LogP contribution in [0.3, 0.4) is 0 Å². The number of carbonyl (C=O) groups is 2. The predicted octanol–water partition coefficient (Wildman–Crippen LogP) is 2.84. The van der Waals surface area contributed by atoms with E-state index in [1.54, 1.807) is 26.8 Å². The summed E-state index contributed by atoms with van der Waals surface area (Å²) in [6.07, 6.45) is -0.185. The van der Waals surface area contributed by atoms with Crippen LogP contribution in [0.15, 0.2) is 24.3 Å². The molecular formula is C14H17NO3. The topological polar surface area (TPSA) is 55.4 Å². The van der Waals surface area contributed by atoms with Crippen molar-refractivity contribution < 1.29 is 14.3 Å². The van der Waals surface area contributed by atoms with Gasteiger partial charge < -0.3 is 10.1 Å². The van der Waals surface area contributed by atoms with Crippen molar-refractivity contribution in [1.82, 2.24) is 5.32 Å². The Morgan fingerprint density at radius 3 is 2.67 bits per heavy atom. The minimum atomic E-state index is -0.536. The molecule has 0 bridgehead atoms. The van der Waals surface area contributed by atoms with Crippen molar-refractivity contribution in [3.63, 3.8) is 0 Å². The number of carbonyl (C=O) groups excluding carboxylic acids is 2. The van der Waals surface area contributed by atoms with E-state index in [0.29, 0.717) is 12.0 Å².